The third kappa shape index (κ3) is 3.06. The molecule has 0 saturated heterocycles. The van der Waals surface area contributed by atoms with E-state index < -0.39 is 11.9 Å². The van der Waals surface area contributed by atoms with Crippen LogP contribution in [0.15, 0.2) is 47.3 Å². The molecule has 0 radical (unpaired) electrons. The van der Waals surface area contributed by atoms with Crippen LogP contribution >= 0.6 is 11.6 Å². The van der Waals surface area contributed by atoms with Crippen LogP contribution < -0.4 is 10.4 Å². The molecule has 0 aliphatic carbocycles. The monoisotopic (exact) mass is 399 g/mol. The van der Waals surface area contributed by atoms with E-state index in [1.807, 2.05) is 29.7 Å². The van der Waals surface area contributed by atoms with E-state index in [4.69, 9.17) is 16.3 Å². The molecule has 4 rings (SSSR count). The van der Waals surface area contributed by atoms with Crippen LogP contribution in [0.2, 0.25) is 5.02 Å². The molecule has 2 N–H and O–H groups in total. The van der Waals surface area contributed by atoms with Crippen LogP contribution in [0.3, 0.4) is 0 Å². The minimum Gasteiger partial charge on any atom is -0.497 e. The molecular formula is C19H18ClN5O3. The van der Waals surface area contributed by atoms with E-state index in [1.165, 1.54) is 4.68 Å². The largest absolute Gasteiger partial charge is 0.497 e. The van der Waals surface area contributed by atoms with Crippen molar-refractivity contribution in [1.29, 1.82) is 0 Å². The smallest absolute Gasteiger partial charge is 0.361 e. The molecule has 4 aromatic rings. The molecule has 2 aromatic carbocycles. The highest BCUT2D eigenvalue weighted by atomic mass is 35.5. The van der Waals surface area contributed by atoms with E-state index in [0.717, 1.165) is 22.2 Å². The van der Waals surface area contributed by atoms with Gasteiger partial charge in [0.05, 0.1) is 19.2 Å². The zero-order valence-corrected chi connectivity index (χ0v) is 16.0. The van der Waals surface area contributed by atoms with Crippen molar-refractivity contribution in [2.75, 3.05) is 7.11 Å². The van der Waals surface area contributed by atoms with E-state index in [-0.39, 0.29) is 6.54 Å². The lowest BCUT2D eigenvalue weighted by Gasteiger charge is -2.17. The van der Waals surface area contributed by atoms with Crippen LogP contribution in [-0.4, -0.2) is 37.0 Å². The van der Waals surface area contributed by atoms with Crippen LogP contribution in [0.5, 0.6) is 5.75 Å². The normalized spacial score (nSPS) is 12.4. The number of nitrogens with zero attached hydrogens (tertiary/aromatic N) is 4. The van der Waals surface area contributed by atoms with Crippen molar-refractivity contribution in [3.8, 4) is 5.75 Å². The molecule has 8 nitrogen and oxygen atoms in total. The number of halogens is 1. The number of rotatable bonds is 5. The summed E-state index contributed by atoms with van der Waals surface area (Å²) in [4.78, 5) is 11.9. The van der Waals surface area contributed by atoms with E-state index in [2.05, 4.69) is 15.5 Å². The predicted molar refractivity (Wildman–Crippen MR) is 105 cm³/mol. The number of benzene rings is 2. The number of nitrogens with one attached hydrogen (secondary N) is 1. The van der Waals surface area contributed by atoms with Gasteiger partial charge in [0.25, 0.3) is 0 Å². The van der Waals surface area contributed by atoms with Crippen LogP contribution in [0.25, 0.3) is 10.9 Å². The van der Waals surface area contributed by atoms with E-state index in [1.54, 1.807) is 31.4 Å². The summed E-state index contributed by atoms with van der Waals surface area (Å²) in [6.45, 7) is 2.11. The summed E-state index contributed by atoms with van der Waals surface area (Å²) in [6, 6.07) is 12.6. The van der Waals surface area contributed by atoms with Gasteiger partial charge in [0.15, 0.2) is 6.23 Å². The van der Waals surface area contributed by atoms with Crippen LogP contribution in [0.4, 0.5) is 0 Å². The van der Waals surface area contributed by atoms with Crippen LogP contribution in [0, 0.1) is 6.92 Å². The molecule has 0 aliphatic rings. The number of methoxy groups -OCH3 is 1. The number of tetrazole rings is 1. The summed E-state index contributed by atoms with van der Waals surface area (Å²) in [6.07, 6.45) is -0.920. The maximum absolute atomic E-state index is 11.9. The molecule has 1 unspecified atom stereocenters. The van der Waals surface area contributed by atoms with Gasteiger partial charge in [-0.05, 0) is 47.7 Å². The molecule has 1 atom stereocenters. The standard InChI is InChI=1S/C19H18ClN5O3/c1-11-16(10-24-19(27)21-22-23-24)15-9-14(28-2)7-8-17(15)25(11)18(26)12-3-5-13(20)6-4-12/h3-9,18,26H,10H2,1-2H3,(H,21,23,27). The Kier molecular flexibility index (Phi) is 4.66. The fraction of sp³-hybridized carbons (Fsp3) is 0.211. The summed E-state index contributed by atoms with van der Waals surface area (Å²) in [5.74, 6) is 0.680. The van der Waals surface area contributed by atoms with Gasteiger partial charge in [-0.25, -0.2) is 9.89 Å². The molecule has 2 aromatic heterocycles. The molecule has 2 heterocycles. The zero-order chi connectivity index (χ0) is 19.8. The van der Waals surface area contributed by atoms with Crippen molar-refractivity contribution in [1.82, 2.24) is 24.8 Å². The SMILES string of the molecule is COc1ccc2c(c1)c(Cn1nn[nH]c1=O)c(C)n2C(O)c1ccc(Cl)cc1. The molecule has 0 spiro atoms. The summed E-state index contributed by atoms with van der Waals surface area (Å²) in [5.41, 5.74) is 2.76. The van der Waals surface area contributed by atoms with Crippen LogP contribution in [-0.2, 0) is 6.54 Å². The molecule has 28 heavy (non-hydrogen) atoms. The number of hydrogen-bond donors (Lipinski definition) is 2. The zero-order valence-electron chi connectivity index (χ0n) is 15.3. The Morgan fingerprint density at radius 3 is 2.64 bits per heavy atom. The van der Waals surface area contributed by atoms with Gasteiger partial charge in [-0.3, -0.25) is 0 Å². The minimum atomic E-state index is -0.920. The number of fused-ring (bicyclic) bond motifs is 1. The average molecular weight is 400 g/mol. The molecule has 0 amide bonds. The molecule has 0 fully saturated rings. The summed E-state index contributed by atoms with van der Waals surface area (Å²) >= 11 is 5.97. The van der Waals surface area contributed by atoms with Gasteiger partial charge in [0, 0.05) is 27.2 Å². The van der Waals surface area contributed by atoms with Crippen molar-refractivity contribution in [2.45, 2.75) is 19.7 Å². The molecule has 0 saturated carbocycles. The van der Waals surface area contributed by atoms with Gasteiger partial charge in [0.2, 0.25) is 0 Å². The first kappa shape index (κ1) is 18.3. The van der Waals surface area contributed by atoms with Crippen molar-refractivity contribution in [3.63, 3.8) is 0 Å². The summed E-state index contributed by atoms with van der Waals surface area (Å²) in [7, 11) is 1.59. The maximum atomic E-state index is 11.9. The Labute approximate surface area is 164 Å². The van der Waals surface area contributed by atoms with Gasteiger partial charge in [-0.15, -0.1) is 0 Å². The van der Waals surface area contributed by atoms with Crippen LogP contribution in [0.1, 0.15) is 23.0 Å². The van der Waals surface area contributed by atoms with Gasteiger partial charge >= 0.3 is 5.69 Å². The third-order valence-electron chi connectivity index (χ3n) is 4.84. The summed E-state index contributed by atoms with van der Waals surface area (Å²) < 4.78 is 8.41. The maximum Gasteiger partial charge on any atom is 0.361 e. The number of ether oxygens (including phenoxy) is 1. The Morgan fingerprint density at radius 1 is 1.25 bits per heavy atom. The topological polar surface area (TPSA) is 98.0 Å². The van der Waals surface area contributed by atoms with E-state index in [0.29, 0.717) is 16.3 Å². The van der Waals surface area contributed by atoms with Crippen molar-refractivity contribution in [3.05, 3.63) is 74.8 Å². The van der Waals surface area contributed by atoms with Crippen molar-refractivity contribution >= 4 is 22.5 Å². The lowest BCUT2D eigenvalue weighted by Crippen LogP contribution is -2.19. The number of aromatic amines is 1. The second kappa shape index (κ2) is 7.14. The van der Waals surface area contributed by atoms with E-state index >= 15 is 0 Å². The molecule has 0 aliphatic heterocycles. The Balaban J connectivity index is 1.91. The quantitative estimate of drug-likeness (QED) is 0.537. The van der Waals surface area contributed by atoms with Gasteiger partial charge in [-0.2, -0.15) is 4.68 Å². The van der Waals surface area contributed by atoms with Crippen molar-refractivity contribution in [2.24, 2.45) is 0 Å². The third-order valence-corrected chi connectivity index (χ3v) is 5.09. The fourth-order valence-electron chi connectivity index (χ4n) is 3.38. The fourth-order valence-corrected chi connectivity index (χ4v) is 3.51. The second-order valence-corrected chi connectivity index (χ2v) is 6.84. The summed E-state index contributed by atoms with van der Waals surface area (Å²) in [5, 5.41) is 22.2. The first-order valence-corrected chi connectivity index (χ1v) is 8.96. The average Bonchev–Trinajstić information content (AvgIpc) is 3.22. The second-order valence-electron chi connectivity index (χ2n) is 6.41. The predicted octanol–water partition coefficient (Wildman–Crippen LogP) is 2.48. The number of aliphatic hydroxyl groups excluding tert-OH is 1. The number of hydrogen-bond acceptors (Lipinski definition) is 5. The Morgan fingerprint density at radius 2 is 2.00 bits per heavy atom. The first-order valence-electron chi connectivity index (χ1n) is 8.58. The highest BCUT2D eigenvalue weighted by Gasteiger charge is 2.21. The van der Waals surface area contributed by atoms with Gasteiger partial charge in [0.1, 0.15) is 5.75 Å². The molecule has 0 bridgehead atoms. The minimum absolute atomic E-state index is 0.213. The Hall–Kier alpha value is -3.10. The lowest BCUT2D eigenvalue weighted by atomic mass is 10.1. The number of aliphatic hydroxyl groups is 1. The number of aromatic nitrogens is 5. The molecule has 144 valence electrons. The first-order chi connectivity index (χ1) is 13.5. The number of H-pyrrole nitrogens is 1. The van der Waals surface area contributed by atoms with Gasteiger partial charge < -0.3 is 14.4 Å². The molecule has 9 heteroatoms. The van der Waals surface area contributed by atoms with Crippen molar-refractivity contribution < 1.29 is 9.84 Å². The lowest BCUT2D eigenvalue weighted by molar-refractivity contribution is 0.149. The van der Waals surface area contributed by atoms with E-state index in [9.17, 15) is 9.90 Å². The highest BCUT2D eigenvalue weighted by Crippen LogP contribution is 2.33. The highest BCUT2D eigenvalue weighted by molar-refractivity contribution is 6.30. The Bertz CT molecular complexity index is 1190. The molecular weight excluding hydrogens is 382 g/mol. The van der Waals surface area contributed by atoms with Gasteiger partial charge in [-0.1, -0.05) is 23.7 Å².